The Morgan fingerprint density at radius 2 is 1.95 bits per heavy atom. The average Bonchev–Trinajstić information content (AvgIpc) is 2.38. The monoisotopic (exact) mass is 318 g/mol. The van der Waals surface area contributed by atoms with Crippen LogP contribution in [0.2, 0.25) is 0 Å². The largest absolute Gasteiger partial charge is 0.486 e. The molecule has 21 heavy (non-hydrogen) atoms. The molecule has 0 heterocycles. The van der Waals surface area contributed by atoms with Crippen molar-refractivity contribution >= 4 is 18.3 Å². The predicted octanol–water partition coefficient (Wildman–Crippen LogP) is 2.50. The van der Waals surface area contributed by atoms with Crippen molar-refractivity contribution in [2.45, 2.75) is 39.3 Å². The number of benzene rings is 1. The van der Waals surface area contributed by atoms with Gasteiger partial charge in [-0.15, -0.1) is 12.4 Å². The molecule has 120 valence electrons. The van der Waals surface area contributed by atoms with Gasteiger partial charge in [0.05, 0.1) is 12.6 Å². The van der Waals surface area contributed by atoms with Gasteiger partial charge in [-0.05, 0) is 31.4 Å². The Morgan fingerprint density at radius 3 is 2.52 bits per heavy atom. The molecule has 1 rings (SSSR count). The molecule has 6 heteroatoms. The van der Waals surface area contributed by atoms with Crippen LogP contribution in [0.25, 0.3) is 0 Å². The fraction of sp³-hybridized carbons (Fsp3) is 0.533. The summed E-state index contributed by atoms with van der Waals surface area (Å²) in [4.78, 5) is 11.7. The second-order valence-corrected chi connectivity index (χ2v) is 5.34. The van der Waals surface area contributed by atoms with Gasteiger partial charge in [0.25, 0.3) is 0 Å². The van der Waals surface area contributed by atoms with Gasteiger partial charge in [0, 0.05) is 0 Å². The predicted molar refractivity (Wildman–Crippen MR) is 84.2 cm³/mol. The standard InChI is InChI=1S/C15H23FN2O2.ClH/c1-10(2)8-13(17)15(19)18-9-11(3)20-14-7-5-4-6-12(14)16;/h4-7,10-11,13H,8-9,17H2,1-3H3,(H,18,19);1H/t11?,13-;/m0./s1. The number of carbonyl (C=O) groups is 1. The van der Waals surface area contributed by atoms with Crippen molar-refractivity contribution in [3.8, 4) is 5.75 Å². The van der Waals surface area contributed by atoms with Crippen molar-refractivity contribution in [1.29, 1.82) is 0 Å². The highest BCUT2D eigenvalue weighted by Crippen LogP contribution is 2.16. The molecule has 0 aliphatic heterocycles. The number of halogens is 2. The Kier molecular flexibility index (Phi) is 8.97. The number of ether oxygens (including phenoxy) is 1. The summed E-state index contributed by atoms with van der Waals surface area (Å²) in [6, 6.07) is 5.66. The lowest BCUT2D eigenvalue weighted by atomic mass is 10.0. The average molecular weight is 319 g/mol. The second kappa shape index (κ2) is 9.58. The first-order valence-corrected chi connectivity index (χ1v) is 6.84. The molecule has 1 aromatic rings. The van der Waals surface area contributed by atoms with E-state index in [1.165, 1.54) is 6.07 Å². The molecule has 0 radical (unpaired) electrons. The lowest BCUT2D eigenvalue weighted by molar-refractivity contribution is -0.123. The molecule has 1 unspecified atom stereocenters. The summed E-state index contributed by atoms with van der Waals surface area (Å²) in [6.07, 6.45) is 0.302. The zero-order chi connectivity index (χ0) is 15.1. The summed E-state index contributed by atoms with van der Waals surface area (Å²) < 4.78 is 18.8. The number of amides is 1. The minimum absolute atomic E-state index is 0. The van der Waals surface area contributed by atoms with E-state index in [9.17, 15) is 9.18 Å². The van der Waals surface area contributed by atoms with Crippen LogP contribution in [0.5, 0.6) is 5.75 Å². The Bertz CT molecular complexity index is 443. The van der Waals surface area contributed by atoms with E-state index >= 15 is 0 Å². The fourth-order valence-electron chi connectivity index (χ4n) is 1.79. The molecule has 2 atom stereocenters. The lowest BCUT2D eigenvalue weighted by Gasteiger charge is -2.18. The Labute approximate surface area is 131 Å². The number of nitrogens with two attached hydrogens (primary N) is 1. The molecule has 0 spiro atoms. The summed E-state index contributed by atoms with van der Waals surface area (Å²) >= 11 is 0. The lowest BCUT2D eigenvalue weighted by Crippen LogP contribution is -2.44. The molecule has 0 aromatic heterocycles. The fourth-order valence-corrected chi connectivity index (χ4v) is 1.79. The van der Waals surface area contributed by atoms with Gasteiger partial charge in [-0.3, -0.25) is 4.79 Å². The minimum atomic E-state index is -0.518. The maximum Gasteiger partial charge on any atom is 0.237 e. The van der Waals surface area contributed by atoms with Crippen LogP contribution in [0.4, 0.5) is 4.39 Å². The van der Waals surface area contributed by atoms with Crippen LogP contribution in [0.1, 0.15) is 27.2 Å². The number of nitrogens with one attached hydrogen (secondary N) is 1. The molecule has 1 aromatic carbocycles. The van der Waals surface area contributed by atoms with Crippen molar-refractivity contribution in [3.63, 3.8) is 0 Å². The smallest absolute Gasteiger partial charge is 0.237 e. The normalized spacial score (nSPS) is 13.2. The number of hydrogen-bond donors (Lipinski definition) is 2. The maximum atomic E-state index is 13.4. The Balaban J connectivity index is 0.00000400. The van der Waals surface area contributed by atoms with Gasteiger partial charge in [0.2, 0.25) is 5.91 Å². The van der Waals surface area contributed by atoms with Crippen molar-refractivity contribution in [3.05, 3.63) is 30.1 Å². The number of rotatable bonds is 7. The third-order valence-corrected chi connectivity index (χ3v) is 2.79. The minimum Gasteiger partial charge on any atom is -0.486 e. The van der Waals surface area contributed by atoms with Gasteiger partial charge in [-0.25, -0.2) is 4.39 Å². The molecule has 0 aliphatic carbocycles. The first kappa shape index (κ1) is 19.7. The quantitative estimate of drug-likeness (QED) is 0.812. The molecule has 3 N–H and O–H groups in total. The van der Waals surface area contributed by atoms with Crippen LogP contribution in [-0.2, 0) is 4.79 Å². The van der Waals surface area contributed by atoms with E-state index < -0.39 is 11.9 Å². The van der Waals surface area contributed by atoms with Crippen LogP contribution in [0.15, 0.2) is 24.3 Å². The molecule has 1 amide bonds. The van der Waals surface area contributed by atoms with E-state index in [4.69, 9.17) is 10.5 Å². The molecular weight excluding hydrogens is 295 g/mol. The zero-order valence-electron chi connectivity index (χ0n) is 12.6. The van der Waals surface area contributed by atoms with Crippen LogP contribution in [0.3, 0.4) is 0 Å². The Morgan fingerprint density at radius 1 is 1.33 bits per heavy atom. The number of para-hydroxylation sites is 1. The van der Waals surface area contributed by atoms with Gasteiger partial charge < -0.3 is 15.8 Å². The summed E-state index contributed by atoms with van der Waals surface area (Å²) in [7, 11) is 0. The van der Waals surface area contributed by atoms with Gasteiger partial charge >= 0.3 is 0 Å². The van der Waals surface area contributed by atoms with Crippen molar-refractivity contribution in [2.24, 2.45) is 11.7 Å². The van der Waals surface area contributed by atoms with Crippen LogP contribution in [-0.4, -0.2) is 24.6 Å². The van der Waals surface area contributed by atoms with Crippen molar-refractivity contribution in [1.82, 2.24) is 5.32 Å². The molecule has 0 fully saturated rings. The van der Waals surface area contributed by atoms with E-state index in [0.717, 1.165) is 0 Å². The first-order valence-electron chi connectivity index (χ1n) is 6.84. The molecule has 0 aliphatic rings. The van der Waals surface area contributed by atoms with E-state index in [1.54, 1.807) is 25.1 Å². The summed E-state index contributed by atoms with van der Waals surface area (Å²) in [5.74, 6) is -0.0755. The second-order valence-electron chi connectivity index (χ2n) is 5.34. The Hall–Kier alpha value is -1.33. The van der Waals surface area contributed by atoms with Gasteiger partial charge in [-0.2, -0.15) is 0 Å². The van der Waals surface area contributed by atoms with Crippen LogP contribution >= 0.6 is 12.4 Å². The van der Waals surface area contributed by atoms with E-state index in [0.29, 0.717) is 18.9 Å². The van der Waals surface area contributed by atoms with Gasteiger partial charge in [0.1, 0.15) is 6.10 Å². The van der Waals surface area contributed by atoms with E-state index in [1.807, 2.05) is 13.8 Å². The highest BCUT2D eigenvalue weighted by Gasteiger charge is 2.16. The van der Waals surface area contributed by atoms with E-state index in [2.05, 4.69) is 5.32 Å². The summed E-state index contributed by atoms with van der Waals surface area (Å²) in [5, 5.41) is 2.72. The summed E-state index contributed by atoms with van der Waals surface area (Å²) in [5.41, 5.74) is 5.77. The molecule has 0 saturated heterocycles. The number of hydrogen-bond acceptors (Lipinski definition) is 3. The van der Waals surface area contributed by atoms with Crippen molar-refractivity contribution in [2.75, 3.05) is 6.54 Å². The van der Waals surface area contributed by atoms with Crippen LogP contribution < -0.4 is 15.8 Å². The topological polar surface area (TPSA) is 64.4 Å². The molecule has 0 saturated carbocycles. The van der Waals surface area contributed by atoms with E-state index in [-0.39, 0.29) is 30.2 Å². The third-order valence-electron chi connectivity index (χ3n) is 2.79. The molecular formula is C15H24ClFN2O2. The first-order chi connectivity index (χ1) is 9.40. The molecule has 4 nitrogen and oxygen atoms in total. The van der Waals surface area contributed by atoms with Gasteiger partial charge in [-0.1, -0.05) is 26.0 Å². The highest BCUT2D eigenvalue weighted by molar-refractivity contribution is 5.85. The molecule has 0 bridgehead atoms. The van der Waals surface area contributed by atoms with Crippen molar-refractivity contribution < 1.29 is 13.9 Å². The summed E-state index contributed by atoms with van der Waals surface area (Å²) in [6.45, 7) is 6.08. The van der Waals surface area contributed by atoms with Gasteiger partial charge in [0.15, 0.2) is 11.6 Å². The van der Waals surface area contributed by atoms with Crippen LogP contribution in [0, 0.1) is 11.7 Å². The zero-order valence-corrected chi connectivity index (χ0v) is 13.5. The third kappa shape index (κ3) is 7.29. The number of carbonyl (C=O) groups excluding carboxylic acids is 1. The highest BCUT2D eigenvalue weighted by atomic mass is 35.5. The maximum absolute atomic E-state index is 13.4. The SMILES string of the molecule is CC(C)C[C@H](N)C(=O)NCC(C)Oc1ccccc1F.Cl.